The first-order valence-electron chi connectivity index (χ1n) is 7.47. The van der Waals surface area contributed by atoms with E-state index in [0.717, 1.165) is 17.6 Å². The Labute approximate surface area is 116 Å². The minimum atomic E-state index is 0.236. The topological polar surface area (TPSA) is 21.3 Å². The summed E-state index contributed by atoms with van der Waals surface area (Å²) in [7, 11) is 1.75. The fourth-order valence-electron chi connectivity index (χ4n) is 4.11. The molecule has 0 aromatic heterocycles. The fraction of sp³-hybridized carbons (Fsp3) is 0.647. The highest BCUT2D eigenvalue weighted by atomic mass is 16.5. The standard InChI is InChI=1S/C17H25NO/c1-11-5-7-13-16(9-11)18-15-8-6-12(19-4)10-14(15)17(13,2)3/h6,8,10-11,13,16,18H,5,7,9H2,1-4H3. The van der Waals surface area contributed by atoms with Crippen LogP contribution in [0.15, 0.2) is 18.2 Å². The molecule has 2 heteroatoms. The molecule has 1 saturated carbocycles. The van der Waals surface area contributed by atoms with Gasteiger partial charge in [0.25, 0.3) is 0 Å². The molecule has 1 N–H and O–H groups in total. The van der Waals surface area contributed by atoms with E-state index >= 15 is 0 Å². The van der Waals surface area contributed by atoms with Crippen LogP contribution in [-0.2, 0) is 5.41 Å². The number of fused-ring (bicyclic) bond motifs is 2. The number of hydrogen-bond donors (Lipinski definition) is 1. The van der Waals surface area contributed by atoms with Gasteiger partial charge in [0.2, 0.25) is 0 Å². The van der Waals surface area contributed by atoms with Crippen molar-refractivity contribution in [3.05, 3.63) is 23.8 Å². The molecule has 104 valence electrons. The maximum atomic E-state index is 5.40. The average Bonchev–Trinajstić information content (AvgIpc) is 2.38. The summed E-state index contributed by atoms with van der Waals surface area (Å²) in [5.74, 6) is 2.56. The Morgan fingerprint density at radius 1 is 1.26 bits per heavy atom. The minimum Gasteiger partial charge on any atom is -0.497 e. The molecular weight excluding hydrogens is 234 g/mol. The van der Waals surface area contributed by atoms with E-state index < -0.39 is 0 Å². The Balaban J connectivity index is 2.02. The normalized spacial score (nSPS) is 31.9. The molecule has 3 atom stereocenters. The van der Waals surface area contributed by atoms with Gasteiger partial charge in [0.15, 0.2) is 0 Å². The molecule has 1 aromatic rings. The highest BCUT2D eigenvalue weighted by molar-refractivity contribution is 5.60. The van der Waals surface area contributed by atoms with E-state index in [1.807, 2.05) is 0 Å². The summed E-state index contributed by atoms with van der Waals surface area (Å²) >= 11 is 0. The molecule has 1 aromatic carbocycles. The van der Waals surface area contributed by atoms with Crippen LogP contribution < -0.4 is 10.1 Å². The molecule has 3 unspecified atom stereocenters. The van der Waals surface area contributed by atoms with Crippen molar-refractivity contribution < 1.29 is 4.74 Å². The molecule has 1 aliphatic carbocycles. The maximum Gasteiger partial charge on any atom is 0.119 e. The number of anilines is 1. The predicted molar refractivity (Wildman–Crippen MR) is 79.9 cm³/mol. The van der Waals surface area contributed by atoms with E-state index in [9.17, 15) is 0 Å². The van der Waals surface area contributed by atoms with Gasteiger partial charge in [-0.2, -0.15) is 0 Å². The summed E-state index contributed by atoms with van der Waals surface area (Å²) in [4.78, 5) is 0. The first-order valence-corrected chi connectivity index (χ1v) is 7.47. The van der Waals surface area contributed by atoms with Gasteiger partial charge in [-0.3, -0.25) is 0 Å². The van der Waals surface area contributed by atoms with Crippen molar-refractivity contribution in [2.75, 3.05) is 12.4 Å². The Morgan fingerprint density at radius 2 is 2.05 bits per heavy atom. The van der Waals surface area contributed by atoms with E-state index in [-0.39, 0.29) is 5.41 Å². The second-order valence-electron chi connectivity index (χ2n) is 6.91. The van der Waals surface area contributed by atoms with Gasteiger partial charge in [-0.15, -0.1) is 0 Å². The molecule has 1 fully saturated rings. The SMILES string of the molecule is COc1ccc2c(c1)C(C)(C)C1CCC(C)CC1N2. The summed E-state index contributed by atoms with van der Waals surface area (Å²) in [6, 6.07) is 7.11. The molecule has 0 bridgehead atoms. The number of rotatable bonds is 1. The van der Waals surface area contributed by atoms with E-state index in [4.69, 9.17) is 4.74 Å². The fourth-order valence-corrected chi connectivity index (χ4v) is 4.11. The van der Waals surface area contributed by atoms with Crippen molar-refractivity contribution in [3.8, 4) is 5.75 Å². The van der Waals surface area contributed by atoms with Gasteiger partial charge in [-0.25, -0.2) is 0 Å². The lowest BCUT2D eigenvalue weighted by molar-refractivity contribution is 0.173. The Bertz CT molecular complexity index is 480. The zero-order chi connectivity index (χ0) is 13.6. The van der Waals surface area contributed by atoms with Gasteiger partial charge in [0, 0.05) is 11.7 Å². The molecule has 19 heavy (non-hydrogen) atoms. The lowest BCUT2D eigenvalue weighted by Gasteiger charge is -2.49. The monoisotopic (exact) mass is 259 g/mol. The first-order chi connectivity index (χ1) is 9.02. The van der Waals surface area contributed by atoms with Crippen LogP contribution >= 0.6 is 0 Å². The van der Waals surface area contributed by atoms with Crippen molar-refractivity contribution in [3.63, 3.8) is 0 Å². The molecule has 0 spiro atoms. The summed E-state index contributed by atoms with van der Waals surface area (Å²) in [5.41, 5.74) is 2.96. The summed E-state index contributed by atoms with van der Waals surface area (Å²) in [6.45, 7) is 7.19. The van der Waals surface area contributed by atoms with Crippen LogP contribution in [0.4, 0.5) is 5.69 Å². The van der Waals surface area contributed by atoms with Crippen molar-refractivity contribution in [1.29, 1.82) is 0 Å². The third kappa shape index (κ3) is 2.01. The van der Waals surface area contributed by atoms with Crippen molar-refractivity contribution >= 4 is 5.69 Å². The van der Waals surface area contributed by atoms with Crippen molar-refractivity contribution in [1.82, 2.24) is 0 Å². The van der Waals surface area contributed by atoms with Gasteiger partial charge >= 0.3 is 0 Å². The molecule has 2 nitrogen and oxygen atoms in total. The second kappa shape index (κ2) is 4.43. The molecule has 1 aliphatic heterocycles. The number of nitrogens with one attached hydrogen (secondary N) is 1. The van der Waals surface area contributed by atoms with Gasteiger partial charge in [0.1, 0.15) is 5.75 Å². The van der Waals surface area contributed by atoms with Crippen LogP contribution in [0.25, 0.3) is 0 Å². The van der Waals surface area contributed by atoms with Crippen molar-refractivity contribution in [2.24, 2.45) is 11.8 Å². The minimum absolute atomic E-state index is 0.236. The highest BCUT2D eigenvalue weighted by Gasteiger charge is 2.44. The van der Waals surface area contributed by atoms with E-state index in [1.165, 1.54) is 30.5 Å². The second-order valence-corrected chi connectivity index (χ2v) is 6.91. The van der Waals surface area contributed by atoms with Crippen molar-refractivity contribution in [2.45, 2.75) is 51.5 Å². The van der Waals surface area contributed by atoms with Crippen LogP contribution in [0.2, 0.25) is 0 Å². The van der Waals surface area contributed by atoms with Gasteiger partial charge in [-0.05, 0) is 53.9 Å². The van der Waals surface area contributed by atoms with Crippen LogP contribution in [-0.4, -0.2) is 13.2 Å². The number of benzene rings is 1. The first kappa shape index (κ1) is 12.8. The van der Waals surface area contributed by atoms with Crippen LogP contribution in [0, 0.1) is 11.8 Å². The summed E-state index contributed by atoms with van der Waals surface area (Å²) < 4.78 is 5.40. The Morgan fingerprint density at radius 3 is 2.79 bits per heavy atom. The Kier molecular flexibility index (Phi) is 2.99. The van der Waals surface area contributed by atoms with Crippen LogP contribution in [0.5, 0.6) is 5.75 Å². The third-order valence-electron chi connectivity index (χ3n) is 5.30. The maximum absolute atomic E-state index is 5.40. The number of methoxy groups -OCH3 is 1. The van der Waals surface area contributed by atoms with Crippen LogP contribution in [0.3, 0.4) is 0 Å². The molecule has 1 heterocycles. The van der Waals surface area contributed by atoms with Crippen LogP contribution in [0.1, 0.15) is 45.6 Å². The molecule has 0 saturated heterocycles. The molecule has 0 amide bonds. The average molecular weight is 259 g/mol. The molecular formula is C17H25NO. The smallest absolute Gasteiger partial charge is 0.119 e. The van der Waals surface area contributed by atoms with E-state index in [1.54, 1.807) is 7.11 Å². The number of hydrogen-bond acceptors (Lipinski definition) is 2. The number of ether oxygens (including phenoxy) is 1. The Hall–Kier alpha value is -1.18. The summed E-state index contributed by atoms with van der Waals surface area (Å²) in [6.07, 6.45) is 4.01. The lowest BCUT2D eigenvalue weighted by atomic mass is 9.61. The molecule has 0 radical (unpaired) electrons. The lowest BCUT2D eigenvalue weighted by Crippen LogP contribution is -2.48. The molecule has 2 aliphatic rings. The highest BCUT2D eigenvalue weighted by Crippen LogP contribution is 2.49. The quantitative estimate of drug-likeness (QED) is 0.816. The van der Waals surface area contributed by atoms with E-state index in [2.05, 4.69) is 44.3 Å². The van der Waals surface area contributed by atoms with Gasteiger partial charge in [-0.1, -0.05) is 27.2 Å². The summed E-state index contributed by atoms with van der Waals surface area (Å²) in [5, 5.41) is 3.78. The van der Waals surface area contributed by atoms with E-state index in [0.29, 0.717) is 6.04 Å². The zero-order valence-corrected chi connectivity index (χ0v) is 12.5. The third-order valence-corrected chi connectivity index (χ3v) is 5.30. The predicted octanol–water partition coefficient (Wildman–Crippen LogP) is 4.20. The zero-order valence-electron chi connectivity index (χ0n) is 12.5. The van der Waals surface area contributed by atoms with Gasteiger partial charge < -0.3 is 10.1 Å². The van der Waals surface area contributed by atoms with Gasteiger partial charge in [0.05, 0.1) is 7.11 Å². The molecule has 3 rings (SSSR count). The largest absolute Gasteiger partial charge is 0.497 e.